The lowest BCUT2D eigenvalue weighted by Gasteiger charge is -2.19. The highest BCUT2D eigenvalue weighted by molar-refractivity contribution is 9.11. The van der Waals surface area contributed by atoms with Crippen LogP contribution in [-0.2, 0) is 23.1 Å². The van der Waals surface area contributed by atoms with E-state index in [9.17, 15) is 14.7 Å². The second kappa shape index (κ2) is 12.3. The molecule has 1 atom stereocenters. The summed E-state index contributed by atoms with van der Waals surface area (Å²) in [5, 5.41) is 14.4. The summed E-state index contributed by atoms with van der Waals surface area (Å²) in [6.07, 6.45) is 5.73. The lowest BCUT2D eigenvalue weighted by Crippen LogP contribution is -2.42. The van der Waals surface area contributed by atoms with Gasteiger partial charge in [0.25, 0.3) is 5.91 Å². The summed E-state index contributed by atoms with van der Waals surface area (Å²) in [6.45, 7) is 6.53. The van der Waals surface area contributed by atoms with Crippen LogP contribution >= 0.6 is 27.3 Å². The molecule has 0 spiro atoms. The molecule has 0 bridgehead atoms. The number of nitrogens with one attached hydrogen (secondary N) is 1. The number of aromatic nitrogens is 1. The number of amides is 1. The fourth-order valence-corrected chi connectivity index (χ4v) is 6.91. The average molecular weight is 636 g/mol. The SMILES string of the molecule is CC(C)(C)c1ccc(Oc2ccc3c(CC4CCCC4)nc(C(=O)N[C@@H](Cc4ccc(Br)s4)C(=O)O)cc3c2)cc1. The number of rotatable bonds is 9. The number of carbonyl (C=O) groups excluding carboxylic acids is 1. The zero-order valence-corrected chi connectivity index (χ0v) is 26.0. The molecule has 1 amide bonds. The number of aliphatic carboxylic acids is 1. The predicted octanol–water partition coefficient (Wildman–Crippen LogP) is 8.31. The molecule has 6 nitrogen and oxygen atoms in total. The van der Waals surface area contributed by atoms with Crippen LogP contribution in [0.15, 0.2) is 64.5 Å². The van der Waals surface area contributed by atoms with Crippen LogP contribution in [0.25, 0.3) is 10.8 Å². The first kappa shape index (κ1) is 29.3. The molecule has 214 valence electrons. The molecule has 1 saturated carbocycles. The summed E-state index contributed by atoms with van der Waals surface area (Å²) in [4.78, 5) is 31.1. The molecule has 0 unspecified atom stereocenters. The maximum absolute atomic E-state index is 13.4. The molecule has 2 aromatic carbocycles. The largest absolute Gasteiger partial charge is 0.480 e. The molecule has 0 aliphatic heterocycles. The zero-order chi connectivity index (χ0) is 29.1. The van der Waals surface area contributed by atoms with Gasteiger partial charge < -0.3 is 15.2 Å². The van der Waals surface area contributed by atoms with E-state index < -0.39 is 17.9 Å². The molecule has 2 aromatic heterocycles. The number of hydrogen-bond donors (Lipinski definition) is 2. The number of hydrogen-bond acceptors (Lipinski definition) is 5. The molecular formula is C33H35BrN2O4S. The van der Waals surface area contributed by atoms with Gasteiger partial charge in [-0.1, -0.05) is 58.6 Å². The summed E-state index contributed by atoms with van der Waals surface area (Å²) < 4.78 is 7.11. The highest BCUT2D eigenvalue weighted by Crippen LogP contribution is 2.33. The van der Waals surface area contributed by atoms with E-state index in [1.165, 1.54) is 29.7 Å². The Balaban J connectivity index is 1.43. The minimum atomic E-state index is -1.08. The van der Waals surface area contributed by atoms with Crippen LogP contribution in [0.3, 0.4) is 0 Å². The summed E-state index contributed by atoms with van der Waals surface area (Å²) >= 11 is 4.87. The minimum Gasteiger partial charge on any atom is -0.480 e. The van der Waals surface area contributed by atoms with Crippen LogP contribution in [0.1, 0.15) is 73.1 Å². The van der Waals surface area contributed by atoms with E-state index in [2.05, 4.69) is 54.2 Å². The number of thiophene rings is 1. The van der Waals surface area contributed by atoms with Gasteiger partial charge in [0.05, 0.1) is 3.79 Å². The van der Waals surface area contributed by atoms with Gasteiger partial charge in [0, 0.05) is 22.4 Å². The fourth-order valence-electron chi connectivity index (χ4n) is 5.39. The third-order valence-corrected chi connectivity index (χ3v) is 9.31. The molecule has 0 radical (unpaired) electrons. The van der Waals surface area contributed by atoms with Crippen LogP contribution in [0.4, 0.5) is 0 Å². The number of fused-ring (bicyclic) bond motifs is 1. The van der Waals surface area contributed by atoms with Gasteiger partial charge in [0.2, 0.25) is 0 Å². The summed E-state index contributed by atoms with van der Waals surface area (Å²) in [7, 11) is 0. The van der Waals surface area contributed by atoms with Gasteiger partial charge in [-0.3, -0.25) is 4.79 Å². The first-order chi connectivity index (χ1) is 19.5. The van der Waals surface area contributed by atoms with Gasteiger partial charge in [0.15, 0.2) is 0 Å². The van der Waals surface area contributed by atoms with Crippen molar-refractivity contribution in [2.24, 2.45) is 5.92 Å². The number of carboxylic acids is 1. The predicted molar refractivity (Wildman–Crippen MR) is 167 cm³/mol. The molecule has 1 aliphatic carbocycles. The number of halogens is 1. The first-order valence-corrected chi connectivity index (χ1v) is 15.7. The third kappa shape index (κ3) is 7.35. The van der Waals surface area contributed by atoms with Gasteiger partial charge in [-0.25, -0.2) is 9.78 Å². The van der Waals surface area contributed by atoms with E-state index in [1.807, 2.05) is 42.5 Å². The van der Waals surface area contributed by atoms with Crippen molar-refractivity contribution in [1.82, 2.24) is 10.3 Å². The molecule has 1 aliphatic rings. The Morgan fingerprint density at radius 2 is 1.76 bits per heavy atom. The quantitative estimate of drug-likeness (QED) is 0.193. The van der Waals surface area contributed by atoms with Crippen LogP contribution < -0.4 is 10.1 Å². The molecule has 41 heavy (non-hydrogen) atoms. The normalized spacial score (nSPS) is 14.7. The van der Waals surface area contributed by atoms with Crippen molar-refractivity contribution in [1.29, 1.82) is 0 Å². The Morgan fingerprint density at radius 3 is 2.39 bits per heavy atom. The number of carbonyl (C=O) groups is 2. The Morgan fingerprint density at radius 1 is 1.05 bits per heavy atom. The Labute approximate surface area is 253 Å². The van der Waals surface area contributed by atoms with E-state index in [0.717, 1.165) is 50.1 Å². The molecular weight excluding hydrogens is 600 g/mol. The van der Waals surface area contributed by atoms with Crippen molar-refractivity contribution >= 4 is 49.9 Å². The Hall–Kier alpha value is -3.23. The van der Waals surface area contributed by atoms with E-state index >= 15 is 0 Å². The van der Waals surface area contributed by atoms with Crippen LogP contribution in [0, 0.1) is 5.92 Å². The highest BCUT2D eigenvalue weighted by atomic mass is 79.9. The second-order valence-electron chi connectivity index (χ2n) is 11.8. The van der Waals surface area contributed by atoms with Crippen molar-refractivity contribution in [2.45, 2.75) is 70.8 Å². The molecule has 2 N–H and O–H groups in total. The average Bonchev–Trinajstić information content (AvgIpc) is 3.59. The van der Waals surface area contributed by atoms with Gasteiger partial charge in [0.1, 0.15) is 23.2 Å². The topological polar surface area (TPSA) is 88.5 Å². The van der Waals surface area contributed by atoms with E-state index in [0.29, 0.717) is 11.7 Å². The highest BCUT2D eigenvalue weighted by Gasteiger charge is 2.24. The number of ether oxygens (including phenoxy) is 1. The standard InChI is InChI=1S/C33H35BrN2O4S/c1-33(2,3)22-8-10-23(11-9-22)40-24-12-14-26-21(17-24)18-28(35-27(26)16-20-6-4-5-7-20)31(37)36-29(32(38)39)19-25-13-15-30(34)41-25/h8-15,17-18,20,29H,4-7,16,19H2,1-3H3,(H,36,37)(H,38,39)/t29-/m0/s1. The van der Waals surface area contributed by atoms with E-state index in [4.69, 9.17) is 9.72 Å². The Bertz CT molecular complexity index is 1550. The fraction of sp³-hybridized carbons (Fsp3) is 0.364. The van der Waals surface area contributed by atoms with Gasteiger partial charge >= 0.3 is 5.97 Å². The maximum atomic E-state index is 13.4. The Kier molecular flexibility index (Phi) is 8.80. The molecule has 5 rings (SSSR count). The lowest BCUT2D eigenvalue weighted by atomic mass is 9.87. The van der Waals surface area contributed by atoms with E-state index in [-0.39, 0.29) is 17.5 Å². The summed E-state index contributed by atoms with van der Waals surface area (Å²) in [6, 6.07) is 18.4. The zero-order valence-electron chi connectivity index (χ0n) is 23.6. The number of benzene rings is 2. The summed E-state index contributed by atoms with van der Waals surface area (Å²) in [5.74, 6) is 0.358. The van der Waals surface area contributed by atoms with Crippen LogP contribution in [0.2, 0.25) is 0 Å². The second-order valence-corrected chi connectivity index (χ2v) is 14.4. The van der Waals surface area contributed by atoms with Crippen molar-refractivity contribution in [2.75, 3.05) is 0 Å². The molecule has 1 fully saturated rings. The van der Waals surface area contributed by atoms with Gasteiger partial charge in [-0.2, -0.15) is 0 Å². The molecule has 2 heterocycles. The monoisotopic (exact) mass is 634 g/mol. The van der Waals surface area contributed by atoms with Crippen molar-refractivity contribution in [3.05, 3.63) is 86.3 Å². The third-order valence-electron chi connectivity index (χ3n) is 7.66. The van der Waals surface area contributed by atoms with Gasteiger partial charge in [-0.15, -0.1) is 11.3 Å². The van der Waals surface area contributed by atoms with E-state index in [1.54, 1.807) is 6.07 Å². The minimum absolute atomic E-state index is 0.0570. The van der Waals surface area contributed by atoms with Crippen LogP contribution in [0.5, 0.6) is 11.5 Å². The number of nitrogens with zero attached hydrogens (tertiary/aromatic N) is 1. The molecule has 4 aromatic rings. The molecule has 8 heteroatoms. The summed E-state index contributed by atoms with van der Waals surface area (Å²) in [5.41, 5.74) is 2.38. The van der Waals surface area contributed by atoms with Crippen LogP contribution in [-0.4, -0.2) is 28.0 Å². The number of carboxylic acid groups (broad SMARTS) is 1. The smallest absolute Gasteiger partial charge is 0.326 e. The maximum Gasteiger partial charge on any atom is 0.326 e. The number of pyridine rings is 1. The van der Waals surface area contributed by atoms with Crippen molar-refractivity contribution in [3.8, 4) is 11.5 Å². The first-order valence-electron chi connectivity index (χ1n) is 14.0. The van der Waals surface area contributed by atoms with Gasteiger partial charge in [-0.05, 0) is 93.2 Å². The molecule has 0 saturated heterocycles. The lowest BCUT2D eigenvalue weighted by molar-refractivity contribution is -0.139. The van der Waals surface area contributed by atoms with Crippen molar-refractivity contribution in [3.63, 3.8) is 0 Å². The van der Waals surface area contributed by atoms with Crippen molar-refractivity contribution < 1.29 is 19.4 Å².